The predicted molar refractivity (Wildman–Crippen MR) is 121 cm³/mol. The van der Waals surface area contributed by atoms with Crippen molar-refractivity contribution in [3.05, 3.63) is 101 Å². The van der Waals surface area contributed by atoms with Crippen molar-refractivity contribution in [2.45, 2.75) is 19.6 Å². The number of hydrogen-bond donors (Lipinski definition) is 2. The van der Waals surface area contributed by atoms with E-state index in [-0.39, 0.29) is 6.04 Å². The first-order valence-corrected chi connectivity index (χ1v) is 10.1. The van der Waals surface area contributed by atoms with Gasteiger partial charge in [-0.05, 0) is 42.3 Å². The summed E-state index contributed by atoms with van der Waals surface area (Å²) in [6.45, 7) is 2.16. The van der Waals surface area contributed by atoms with Crippen molar-refractivity contribution >= 4 is 29.6 Å². The molecular weight excluding hydrogens is 414 g/mol. The summed E-state index contributed by atoms with van der Waals surface area (Å²) < 4.78 is 5.84. The Kier molecular flexibility index (Phi) is 7.79. The second kappa shape index (κ2) is 10.9. The first kappa shape index (κ1) is 22.1. The smallest absolute Gasteiger partial charge is 0.329 e. The van der Waals surface area contributed by atoms with Crippen molar-refractivity contribution in [1.82, 2.24) is 10.7 Å². The van der Waals surface area contributed by atoms with Crippen LogP contribution in [0.3, 0.4) is 0 Å². The number of ether oxygens (including phenoxy) is 1. The molecule has 0 aliphatic rings. The highest BCUT2D eigenvalue weighted by Crippen LogP contribution is 2.18. The first-order valence-electron chi connectivity index (χ1n) is 9.68. The van der Waals surface area contributed by atoms with Crippen molar-refractivity contribution in [2.24, 2.45) is 5.10 Å². The zero-order valence-electron chi connectivity index (χ0n) is 16.9. The zero-order valence-corrected chi connectivity index (χ0v) is 17.7. The van der Waals surface area contributed by atoms with Crippen LogP contribution in [-0.2, 0) is 16.2 Å². The van der Waals surface area contributed by atoms with Crippen LogP contribution >= 0.6 is 11.6 Å². The predicted octanol–water partition coefficient (Wildman–Crippen LogP) is 4.25. The van der Waals surface area contributed by atoms with Crippen LogP contribution in [0.1, 0.15) is 29.7 Å². The van der Waals surface area contributed by atoms with Crippen LogP contribution in [-0.4, -0.2) is 18.0 Å². The van der Waals surface area contributed by atoms with E-state index < -0.39 is 11.8 Å². The Morgan fingerprint density at radius 2 is 1.65 bits per heavy atom. The van der Waals surface area contributed by atoms with Crippen LogP contribution in [0.5, 0.6) is 5.75 Å². The van der Waals surface area contributed by atoms with Crippen LogP contribution < -0.4 is 15.5 Å². The maximum absolute atomic E-state index is 12.1. The Hall–Kier alpha value is -3.64. The maximum Gasteiger partial charge on any atom is 0.329 e. The lowest BCUT2D eigenvalue weighted by atomic mass is 10.1. The molecule has 0 aromatic heterocycles. The molecule has 0 aliphatic carbocycles. The highest BCUT2D eigenvalue weighted by Gasteiger charge is 2.16. The Labute approximate surface area is 185 Å². The van der Waals surface area contributed by atoms with Crippen LogP contribution in [0.25, 0.3) is 0 Å². The quantitative estimate of drug-likeness (QED) is 0.331. The lowest BCUT2D eigenvalue weighted by Crippen LogP contribution is -2.39. The fourth-order valence-electron chi connectivity index (χ4n) is 2.76. The second-order valence-electron chi connectivity index (χ2n) is 6.76. The molecule has 2 N–H and O–H groups in total. The normalized spacial score (nSPS) is 11.7. The molecule has 7 heteroatoms. The molecule has 0 fully saturated rings. The van der Waals surface area contributed by atoms with Crippen molar-refractivity contribution < 1.29 is 14.3 Å². The van der Waals surface area contributed by atoms with E-state index in [9.17, 15) is 9.59 Å². The molecule has 1 atom stereocenters. The summed E-state index contributed by atoms with van der Waals surface area (Å²) in [7, 11) is 0. The minimum absolute atomic E-state index is 0.301. The standard InChI is InChI=1S/C24H22ClN3O3/c1-17(19-7-3-2-4-8-19)27-23(29)24(30)28-26-15-20-9-5-6-10-22(20)31-16-18-11-13-21(25)14-12-18/h2-15,17H,16H2,1H3,(H,27,29)(H,28,30)/b26-15-/t17-/m0/s1. The van der Waals surface area contributed by atoms with Crippen LogP contribution in [0.2, 0.25) is 5.02 Å². The number of hydrazone groups is 1. The highest BCUT2D eigenvalue weighted by molar-refractivity contribution is 6.35. The number of para-hydroxylation sites is 1. The van der Waals surface area contributed by atoms with Gasteiger partial charge in [0, 0.05) is 10.6 Å². The molecule has 2 amide bonds. The maximum atomic E-state index is 12.1. The number of hydrogen-bond acceptors (Lipinski definition) is 4. The molecule has 3 aromatic rings. The van der Waals surface area contributed by atoms with Gasteiger partial charge in [0.2, 0.25) is 0 Å². The van der Waals surface area contributed by atoms with Gasteiger partial charge in [-0.2, -0.15) is 5.10 Å². The summed E-state index contributed by atoms with van der Waals surface area (Å²) in [5.74, 6) is -1.02. The molecule has 0 heterocycles. The number of halogens is 1. The molecule has 0 spiro atoms. The van der Waals surface area contributed by atoms with E-state index in [0.717, 1.165) is 11.1 Å². The lowest BCUT2D eigenvalue weighted by molar-refractivity contribution is -0.139. The van der Waals surface area contributed by atoms with E-state index in [2.05, 4.69) is 15.8 Å². The van der Waals surface area contributed by atoms with Crippen molar-refractivity contribution in [2.75, 3.05) is 0 Å². The summed E-state index contributed by atoms with van der Waals surface area (Å²) in [6, 6.07) is 23.7. The Balaban J connectivity index is 1.54. The summed E-state index contributed by atoms with van der Waals surface area (Å²) in [5, 5.41) is 7.19. The summed E-state index contributed by atoms with van der Waals surface area (Å²) >= 11 is 5.90. The number of nitrogens with zero attached hydrogens (tertiary/aromatic N) is 1. The van der Waals surface area contributed by atoms with Crippen molar-refractivity contribution in [3.8, 4) is 5.75 Å². The van der Waals surface area contributed by atoms with Gasteiger partial charge in [0.05, 0.1) is 12.3 Å². The van der Waals surface area contributed by atoms with E-state index >= 15 is 0 Å². The molecule has 0 radical (unpaired) electrons. The molecule has 3 aromatic carbocycles. The van der Waals surface area contributed by atoms with E-state index in [4.69, 9.17) is 16.3 Å². The van der Waals surface area contributed by atoms with Gasteiger partial charge in [-0.25, -0.2) is 5.43 Å². The van der Waals surface area contributed by atoms with Gasteiger partial charge in [0.1, 0.15) is 12.4 Å². The molecule has 3 rings (SSSR count). The largest absolute Gasteiger partial charge is 0.488 e. The topological polar surface area (TPSA) is 79.8 Å². The second-order valence-corrected chi connectivity index (χ2v) is 7.19. The molecule has 6 nitrogen and oxygen atoms in total. The molecule has 0 aliphatic heterocycles. The minimum atomic E-state index is -0.849. The number of amides is 2. The summed E-state index contributed by atoms with van der Waals surface area (Å²) in [4.78, 5) is 24.1. The number of benzene rings is 3. The third kappa shape index (κ3) is 6.69. The van der Waals surface area contributed by atoms with E-state index in [1.165, 1.54) is 6.21 Å². The number of rotatable bonds is 7. The van der Waals surface area contributed by atoms with E-state index in [0.29, 0.717) is 22.9 Å². The van der Waals surface area contributed by atoms with Gasteiger partial charge in [-0.15, -0.1) is 0 Å². The van der Waals surface area contributed by atoms with Gasteiger partial charge >= 0.3 is 11.8 Å². The van der Waals surface area contributed by atoms with Crippen molar-refractivity contribution in [1.29, 1.82) is 0 Å². The number of carbonyl (C=O) groups excluding carboxylic acids is 2. The molecule has 0 saturated heterocycles. The molecule has 0 unspecified atom stereocenters. The molecule has 0 saturated carbocycles. The van der Waals surface area contributed by atoms with Gasteiger partial charge in [0.15, 0.2) is 0 Å². The Bertz CT molecular complexity index is 1050. The van der Waals surface area contributed by atoms with Gasteiger partial charge in [-0.3, -0.25) is 9.59 Å². The van der Waals surface area contributed by atoms with E-state index in [1.807, 2.05) is 54.6 Å². The Morgan fingerprint density at radius 3 is 2.39 bits per heavy atom. The fraction of sp³-hybridized carbons (Fsp3) is 0.125. The van der Waals surface area contributed by atoms with Gasteiger partial charge in [0.25, 0.3) is 0 Å². The minimum Gasteiger partial charge on any atom is -0.488 e. The monoisotopic (exact) mass is 435 g/mol. The molecule has 0 bridgehead atoms. The van der Waals surface area contributed by atoms with Gasteiger partial charge in [-0.1, -0.05) is 66.2 Å². The summed E-state index contributed by atoms with van der Waals surface area (Å²) in [6.07, 6.45) is 1.43. The molecule has 31 heavy (non-hydrogen) atoms. The fourth-order valence-corrected chi connectivity index (χ4v) is 2.88. The Morgan fingerprint density at radius 1 is 0.968 bits per heavy atom. The van der Waals surface area contributed by atoms with Crippen LogP contribution in [0.4, 0.5) is 0 Å². The van der Waals surface area contributed by atoms with Crippen LogP contribution in [0, 0.1) is 0 Å². The average Bonchev–Trinajstić information content (AvgIpc) is 2.80. The SMILES string of the molecule is C[C@H](NC(=O)C(=O)N/N=C\c1ccccc1OCc1ccc(Cl)cc1)c1ccccc1. The number of carbonyl (C=O) groups is 2. The molecule has 158 valence electrons. The van der Waals surface area contributed by atoms with Crippen LogP contribution in [0.15, 0.2) is 84.0 Å². The first-order chi connectivity index (χ1) is 15.0. The summed E-state index contributed by atoms with van der Waals surface area (Å²) in [5.41, 5.74) is 4.77. The third-order valence-electron chi connectivity index (χ3n) is 4.45. The van der Waals surface area contributed by atoms with E-state index in [1.54, 1.807) is 31.2 Å². The third-order valence-corrected chi connectivity index (χ3v) is 4.70. The number of nitrogens with one attached hydrogen (secondary N) is 2. The highest BCUT2D eigenvalue weighted by atomic mass is 35.5. The average molecular weight is 436 g/mol. The lowest BCUT2D eigenvalue weighted by Gasteiger charge is -2.13. The van der Waals surface area contributed by atoms with Crippen molar-refractivity contribution in [3.63, 3.8) is 0 Å². The zero-order chi connectivity index (χ0) is 22.1. The molecular formula is C24H22ClN3O3. The van der Waals surface area contributed by atoms with Gasteiger partial charge < -0.3 is 10.1 Å².